The fourth-order valence-corrected chi connectivity index (χ4v) is 6.79. The Balaban J connectivity index is 4.12. The quantitative estimate of drug-likeness (QED) is 0.320. The highest BCUT2D eigenvalue weighted by atomic mass is 31.1. The first-order chi connectivity index (χ1) is 7.74. The molecule has 0 spiro atoms. The van der Waals surface area contributed by atoms with Crippen LogP contribution in [0.5, 0.6) is 0 Å². The molecule has 6 radical (unpaired) electrons. The Kier molecular flexibility index (Phi) is 12.0. The summed E-state index contributed by atoms with van der Waals surface area (Å²) in [6.45, 7) is 8.76. The van der Waals surface area contributed by atoms with Crippen molar-refractivity contribution in [3.05, 3.63) is 0 Å². The summed E-state index contributed by atoms with van der Waals surface area (Å²) in [6.07, 6.45) is 0. The zero-order valence-electron chi connectivity index (χ0n) is 9.96. The molecule has 0 rings (SSSR count). The van der Waals surface area contributed by atoms with Crippen LogP contribution >= 0.6 is 8.81 Å². The highest BCUT2D eigenvalue weighted by Crippen LogP contribution is 2.11. The molecular weight excluding hydrogens is 295 g/mol. The van der Waals surface area contributed by atoms with Crippen LogP contribution in [0.3, 0.4) is 0 Å². The molecular formula is C6H17O5PSi4. The molecule has 92 valence electrons. The molecule has 0 aliphatic rings. The second kappa shape index (κ2) is 11.2. The van der Waals surface area contributed by atoms with Crippen molar-refractivity contribution < 1.29 is 21.3 Å². The number of rotatable bonds is 11. The fraction of sp³-hybridized carbons (Fsp3) is 1.00. The van der Waals surface area contributed by atoms with Gasteiger partial charge in [-0.25, -0.2) is 0 Å². The Bertz CT molecular complexity index is 149. The van der Waals surface area contributed by atoms with Crippen molar-refractivity contribution in [2.45, 2.75) is 19.6 Å². The molecule has 0 aliphatic heterocycles. The SMILES string of the molecule is C[Si]O[Si](OCCOPC)(O[Si]C)O[Si]C. The Morgan fingerprint density at radius 1 is 0.938 bits per heavy atom. The maximum atomic E-state index is 5.63. The first kappa shape index (κ1) is 17.1. The van der Waals surface area contributed by atoms with Crippen molar-refractivity contribution in [2.75, 3.05) is 19.9 Å². The zero-order valence-corrected chi connectivity index (χ0v) is 15.0. The van der Waals surface area contributed by atoms with E-state index in [1.807, 2.05) is 26.3 Å². The Hall–Kier alpha value is 1.10. The Labute approximate surface area is 108 Å². The first-order valence-corrected chi connectivity index (χ1v) is 12.0. The van der Waals surface area contributed by atoms with Gasteiger partial charge in [-0.05, 0) is 26.3 Å². The molecule has 0 aromatic rings. The van der Waals surface area contributed by atoms with Gasteiger partial charge in [0, 0.05) is 8.81 Å². The van der Waals surface area contributed by atoms with Crippen LogP contribution in [0.1, 0.15) is 0 Å². The average molecular weight is 313 g/mol. The second-order valence-electron chi connectivity index (χ2n) is 2.32. The zero-order chi connectivity index (χ0) is 12.3. The van der Waals surface area contributed by atoms with E-state index in [0.717, 1.165) is 0 Å². The van der Waals surface area contributed by atoms with E-state index in [4.69, 9.17) is 21.3 Å². The molecule has 0 heterocycles. The summed E-state index contributed by atoms with van der Waals surface area (Å²) >= 11 is 0. The average Bonchev–Trinajstić information content (AvgIpc) is 2.26. The minimum atomic E-state index is -2.89. The van der Waals surface area contributed by atoms with E-state index in [1.165, 1.54) is 0 Å². The van der Waals surface area contributed by atoms with Crippen molar-refractivity contribution in [3.63, 3.8) is 0 Å². The van der Waals surface area contributed by atoms with Crippen LogP contribution in [0.2, 0.25) is 19.6 Å². The van der Waals surface area contributed by atoms with Crippen LogP contribution in [-0.2, 0) is 21.3 Å². The lowest BCUT2D eigenvalue weighted by atomic mass is 10.8. The van der Waals surface area contributed by atoms with Crippen molar-refractivity contribution in [2.24, 2.45) is 0 Å². The van der Waals surface area contributed by atoms with E-state index in [2.05, 4.69) is 0 Å². The van der Waals surface area contributed by atoms with Crippen LogP contribution in [0.4, 0.5) is 0 Å². The summed E-state index contributed by atoms with van der Waals surface area (Å²) in [4.78, 5) is 0. The van der Waals surface area contributed by atoms with Gasteiger partial charge in [0.15, 0.2) is 0 Å². The Morgan fingerprint density at radius 3 is 1.81 bits per heavy atom. The lowest BCUT2D eigenvalue weighted by molar-refractivity contribution is 0.0835. The maximum absolute atomic E-state index is 5.63. The van der Waals surface area contributed by atoms with E-state index in [-0.39, 0.29) is 0 Å². The standard InChI is InChI=1S/C6H17O5PSi4/c1-12-7-5-6-8-16(9-13-2,10-14-3)11-15-4/h12H,5-6H2,1-4H3. The topological polar surface area (TPSA) is 46.2 Å². The summed E-state index contributed by atoms with van der Waals surface area (Å²) in [5.41, 5.74) is 0. The summed E-state index contributed by atoms with van der Waals surface area (Å²) in [7, 11) is -1.52. The van der Waals surface area contributed by atoms with Crippen LogP contribution in [0, 0.1) is 0 Å². The smallest absolute Gasteiger partial charge is 0.395 e. The molecule has 0 saturated carbocycles. The van der Waals surface area contributed by atoms with Gasteiger partial charge < -0.3 is 21.3 Å². The monoisotopic (exact) mass is 312 g/mol. The third kappa shape index (κ3) is 7.43. The van der Waals surface area contributed by atoms with Crippen molar-refractivity contribution in [1.82, 2.24) is 0 Å². The molecule has 0 aliphatic carbocycles. The predicted molar refractivity (Wildman–Crippen MR) is 70.0 cm³/mol. The molecule has 1 unspecified atom stereocenters. The molecule has 0 saturated heterocycles. The molecule has 1 atom stereocenters. The van der Waals surface area contributed by atoms with Crippen LogP contribution in [-0.4, -0.2) is 58.2 Å². The predicted octanol–water partition coefficient (Wildman–Crippen LogP) is 0.730. The van der Waals surface area contributed by atoms with Gasteiger partial charge in [0.05, 0.1) is 13.2 Å². The van der Waals surface area contributed by atoms with Gasteiger partial charge in [0.1, 0.15) is 0 Å². The highest BCUT2D eigenvalue weighted by Gasteiger charge is 2.43. The number of hydrogen-bond donors (Lipinski definition) is 0. The van der Waals surface area contributed by atoms with Crippen LogP contribution in [0.15, 0.2) is 0 Å². The second-order valence-corrected chi connectivity index (χ2v) is 7.98. The van der Waals surface area contributed by atoms with Gasteiger partial charge in [0.2, 0.25) is 29.3 Å². The molecule has 0 fully saturated rings. The van der Waals surface area contributed by atoms with Gasteiger partial charge in [-0.2, -0.15) is 0 Å². The van der Waals surface area contributed by atoms with E-state index < -0.39 is 9.05 Å². The van der Waals surface area contributed by atoms with E-state index in [1.54, 1.807) is 0 Å². The molecule has 0 aromatic carbocycles. The fourth-order valence-electron chi connectivity index (χ4n) is 0.836. The maximum Gasteiger partial charge on any atom is 0.647 e. The summed E-state index contributed by atoms with van der Waals surface area (Å²) in [5.74, 6) is 0. The highest BCUT2D eigenvalue weighted by molar-refractivity contribution is 7.31. The molecule has 16 heavy (non-hydrogen) atoms. The normalized spacial score (nSPS) is 12.8. The molecule has 5 nitrogen and oxygen atoms in total. The molecule has 0 amide bonds. The molecule has 10 heteroatoms. The third-order valence-corrected chi connectivity index (χ3v) is 7.79. The summed E-state index contributed by atoms with van der Waals surface area (Å²) < 4.78 is 27.5. The summed E-state index contributed by atoms with van der Waals surface area (Å²) in [5, 5.41) is 0. The first-order valence-electron chi connectivity index (χ1n) is 4.71. The minimum absolute atomic E-state index is 0.298. The van der Waals surface area contributed by atoms with Gasteiger partial charge in [-0.15, -0.1) is 0 Å². The van der Waals surface area contributed by atoms with Gasteiger partial charge in [-0.3, -0.25) is 0 Å². The lowest BCUT2D eigenvalue weighted by Gasteiger charge is -2.27. The third-order valence-electron chi connectivity index (χ3n) is 1.29. The number of hydrogen-bond acceptors (Lipinski definition) is 5. The largest absolute Gasteiger partial charge is 0.647 e. The van der Waals surface area contributed by atoms with Crippen molar-refractivity contribution in [1.29, 1.82) is 0 Å². The van der Waals surface area contributed by atoms with Crippen molar-refractivity contribution in [3.8, 4) is 0 Å². The Morgan fingerprint density at radius 2 is 1.44 bits per heavy atom. The van der Waals surface area contributed by atoms with Crippen molar-refractivity contribution >= 4 is 47.1 Å². The van der Waals surface area contributed by atoms with E-state index >= 15 is 0 Å². The van der Waals surface area contributed by atoms with E-state index in [0.29, 0.717) is 51.3 Å². The summed E-state index contributed by atoms with van der Waals surface area (Å²) in [6, 6.07) is 0. The van der Waals surface area contributed by atoms with Gasteiger partial charge in [-0.1, -0.05) is 0 Å². The molecule has 0 aromatic heterocycles. The molecule has 0 N–H and O–H groups in total. The van der Waals surface area contributed by atoms with Crippen LogP contribution < -0.4 is 0 Å². The minimum Gasteiger partial charge on any atom is -0.395 e. The van der Waals surface area contributed by atoms with Crippen LogP contribution in [0.25, 0.3) is 0 Å². The lowest BCUT2D eigenvalue weighted by Crippen LogP contribution is -2.51. The van der Waals surface area contributed by atoms with Gasteiger partial charge >= 0.3 is 9.05 Å². The van der Waals surface area contributed by atoms with Gasteiger partial charge in [0.25, 0.3) is 0 Å². The molecule has 0 bridgehead atoms. The van der Waals surface area contributed by atoms with E-state index in [9.17, 15) is 0 Å².